The summed E-state index contributed by atoms with van der Waals surface area (Å²) in [5, 5.41) is 12.7. The van der Waals surface area contributed by atoms with Crippen molar-refractivity contribution in [3.8, 4) is 0 Å². The lowest BCUT2D eigenvalue weighted by molar-refractivity contribution is -0.128. The Bertz CT molecular complexity index is 1280. The number of hydrogen-bond donors (Lipinski definition) is 2. The van der Waals surface area contributed by atoms with Gasteiger partial charge in [0.05, 0.1) is 17.8 Å². The third-order valence-corrected chi connectivity index (χ3v) is 6.79. The molecule has 0 radical (unpaired) electrons. The zero-order chi connectivity index (χ0) is 24.9. The molecule has 35 heavy (non-hydrogen) atoms. The number of carboxylic acid groups (broad SMARTS) is 1. The van der Waals surface area contributed by atoms with Gasteiger partial charge in [-0.15, -0.1) is 0 Å². The third-order valence-electron chi connectivity index (χ3n) is 5.11. The van der Waals surface area contributed by atoms with Crippen molar-refractivity contribution in [1.82, 2.24) is 4.90 Å². The second kappa shape index (κ2) is 10.9. The first-order valence-corrected chi connectivity index (χ1v) is 12.1. The first-order valence-electron chi connectivity index (χ1n) is 10.5. The molecule has 3 aromatic carbocycles. The Hall–Kier alpha value is -3.33. The van der Waals surface area contributed by atoms with Crippen LogP contribution in [0.4, 0.5) is 11.4 Å². The van der Waals surface area contributed by atoms with E-state index in [1.165, 1.54) is 36.0 Å². The maximum Gasteiger partial charge on any atom is 0.335 e. The van der Waals surface area contributed by atoms with Gasteiger partial charge in [-0.25, -0.2) is 9.79 Å². The quantitative estimate of drug-likeness (QED) is 0.401. The minimum absolute atomic E-state index is 0.0685. The lowest BCUT2D eigenvalue weighted by atomic mass is 10.2. The molecular formula is C25H19Cl2N3O4S. The average molecular weight is 528 g/mol. The smallest absolute Gasteiger partial charge is 0.335 e. The Morgan fingerprint density at radius 3 is 2.14 bits per heavy atom. The number of thioether (sulfide) groups is 1. The SMILES string of the molecule is O=C(C[C@@H]1SC(=Nc2ccc(Cl)cc2)N(Cc2ccc(Cl)cc2)C1=O)Nc1ccc(C(=O)O)cc1. The number of nitrogens with zero attached hydrogens (tertiary/aromatic N) is 2. The average Bonchev–Trinajstić information content (AvgIpc) is 3.11. The first kappa shape index (κ1) is 24.8. The van der Waals surface area contributed by atoms with Crippen LogP contribution in [0.15, 0.2) is 77.8 Å². The van der Waals surface area contributed by atoms with Crippen molar-refractivity contribution in [3.63, 3.8) is 0 Å². The fraction of sp³-hybridized carbons (Fsp3) is 0.120. The van der Waals surface area contributed by atoms with Gasteiger partial charge in [0, 0.05) is 22.2 Å². The number of amides is 2. The van der Waals surface area contributed by atoms with E-state index >= 15 is 0 Å². The molecule has 178 valence electrons. The van der Waals surface area contributed by atoms with Gasteiger partial charge in [0.1, 0.15) is 5.25 Å². The molecule has 1 heterocycles. The molecule has 1 aliphatic rings. The Labute approximate surface area is 215 Å². The molecule has 0 unspecified atom stereocenters. The summed E-state index contributed by atoms with van der Waals surface area (Å²) in [5.41, 5.74) is 2.07. The number of rotatable bonds is 7. The van der Waals surface area contributed by atoms with Crippen molar-refractivity contribution < 1.29 is 19.5 Å². The van der Waals surface area contributed by atoms with Crippen LogP contribution in [0.5, 0.6) is 0 Å². The topological polar surface area (TPSA) is 99.1 Å². The van der Waals surface area contributed by atoms with Gasteiger partial charge in [0.15, 0.2) is 5.17 Å². The normalized spacial score (nSPS) is 16.5. The predicted octanol–water partition coefficient (Wildman–Crippen LogP) is 5.85. The number of halogens is 2. The molecule has 0 aromatic heterocycles. The summed E-state index contributed by atoms with van der Waals surface area (Å²) < 4.78 is 0. The molecule has 3 aromatic rings. The van der Waals surface area contributed by atoms with Crippen LogP contribution >= 0.6 is 35.0 Å². The number of hydrogen-bond acceptors (Lipinski definition) is 5. The number of carbonyl (C=O) groups is 3. The van der Waals surface area contributed by atoms with Crippen LogP contribution in [0.25, 0.3) is 0 Å². The highest BCUT2D eigenvalue weighted by molar-refractivity contribution is 8.15. The van der Waals surface area contributed by atoms with Crippen LogP contribution in [-0.4, -0.2) is 38.2 Å². The number of amidine groups is 1. The molecule has 4 rings (SSSR count). The minimum atomic E-state index is -1.05. The maximum absolute atomic E-state index is 13.3. The summed E-state index contributed by atoms with van der Waals surface area (Å²) in [6.45, 7) is 0.282. The van der Waals surface area contributed by atoms with Crippen molar-refractivity contribution in [2.24, 2.45) is 4.99 Å². The molecule has 2 amide bonds. The molecule has 0 spiro atoms. The van der Waals surface area contributed by atoms with Gasteiger partial charge >= 0.3 is 5.97 Å². The van der Waals surface area contributed by atoms with E-state index in [-0.39, 0.29) is 30.3 Å². The number of benzene rings is 3. The fourth-order valence-electron chi connectivity index (χ4n) is 3.35. The summed E-state index contributed by atoms with van der Waals surface area (Å²) in [7, 11) is 0. The van der Waals surface area contributed by atoms with Gasteiger partial charge in [-0.3, -0.25) is 14.5 Å². The number of carboxylic acids is 1. The first-order chi connectivity index (χ1) is 16.8. The van der Waals surface area contributed by atoms with Gasteiger partial charge in [0.25, 0.3) is 0 Å². The van der Waals surface area contributed by atoms with Crippen molar-refractivity contribution >= 4 is 69.3 Å². The van der Waals surface area contributed by atoms with E-state index in [9.17, 15) is 14.4 Å². The largest absolute Gasteiger partial charge is 0.478 e. The van der Waals surface area contributed by atoms with Crippen molar-refractivity contribution in [2.75, 3.05) is 5.32 Å². The molecule has 0 bridgehead atoms. The molecule has 1 atom stereocenters. The highest BCUT2D eigenvalue weighted by Crippen LogP contribution is 2.33. The predicted molar refractivity (Wildman–Crippen MR) is 139 cm³/mol. The zero-order valence-electron chi connectivity index (χ0n) is 18.2. The maximum atomic E-state index is 13.3. The van der Waals surface area contributed by atoms with Gasteiger partial charge in [-0.2, -0.15) is 0 Å². The molecule has 1 saturated heterocycles. The summed E-state index contributed by atoms with van der Waals surface area (Å²) >= 11 is 13.2. The number of aliphatic imine (C=N–C) groups is 1. The fourth-order valence-corrected chi connectivity index (χ4v) is 4.75. The van der Waals surface area contributed by atoms with E-state index in [0.29, 0.717) is 26.6 Å². The van der Waals surface area contributed by atoms with E-state index in [0.717, 1.165) is 5.56 Å². The van der Waals surface area contributed by atoms with Crippen LogP contribution in [0.2, 0.25) is 10.0 Å². The number of nitrogens with one attached hydrogen (secondary N) is 1. The Balaban J connectivity index is 1.51. The minimum Gasteiger partial charge on any atom is -0.478 e. The van der Waals surface area contributed by atoms with Gasteiger partial charge in [0.2, 0.25) is 11.8 Å². The standard InChI is InChI=1S/C25H19Cl2N3O4S/c26-17-5-1-15(2-6-17)14-30-23(32)21(35-25(30)29-20-11-7-18(27)8-12-20)13-22(31)28-19-9-3-16(4-10-19)24(33)34/h1-12,21H,13-14H2,(H,28,31)(H,33,34)/t21-/m0/s1. The third kappa shape index (κ3) is 6.42. The number of aromatic carboxylic acids is 1. The molecule has 1 fully saturated rings. The highest BCUT2D eigenvalue weighted by Gasteiger charge is 2.39. The van der Waals surface area contributed by atoms with Gasteiger partial charge in [-0.05, 0) is 66.2 Å². The molecule has 0 saturated carbocycles. The Morgan fingerprint density at radius 2 is 1.54 bits per heavy atom. The molecule has 0 aliphatic carbocycles. The number of anilines is 1. The van der Waals surface area contributed by atoms with Crippen LogP contribution in [0, 0.1) is 0 Å². The molecule has 10 heteroatoms. The van der Waals surface area contributed by atoms with E-state index in [2.05, 4.69) is 10.3 Å². The van der Waals surface area contributed by atoms with Crippen LogP contribution in [0.1, 0.15) is 22.3 Å². The Morgan fingerprint density at radius 1 is 0.943 bits per heavy atom. The monoisotopic (exact) mass is 527 g/mol. The summed E-state index contributed by atoms with van der Waals surface area (Å²) in [4.78, 5) is 43.1. The molecule has 7 nitrogen and oxygen atoms in total. The van der Waals surface area contributed by atoms with Crippen LogP contribution in [0.3, 0.4) is 0 Å². The summed E-state index contributed by atoms with van der Waals surface area (Å²) in [5.74, 6) is -1.64. The zero-order valence-corrected chi connectivity index (χ0v) is 20.5. The lowest BCUT2D eigenvalue weighted by Crippen LogP contribution is -2.33. The second-order valence-electron chi connectivity index (χ2n) is 7.66. The second-order valence-corrected chi connectivity index (χ2v) is 9.71. The van der Waals surface area contributed by atoms with E-state index in [4.69, 9.17) is 28.3 Å². The molecular weight excluding hydrogens is 509 g/mol. The lowest BCUT2D eigenvalue weighted by Gasteiger charge is -2.17. The highest BCUT2D eigenvalue weighted by atomic mass is 35.5. The van der Waals surface area contributed by atoms with Crippen molar-refractivity contribution in [2.45, 2.75) is 18.2 Å². The van der Waals surface area contributed by atoms with Gasteiger partial charge in [-0.1, -0.05) is 47.1 Å². The molecule has 2 N–H and O–H groups in total. The van der Waals surface area contributed by atoms with Crippen molar-refractivity contribution in [1.29, 1.82) is 0 Å². The van der Waals surface area contributed by atoms with E-state index < -0.39 is 11.2 Å². The van der Waals surface area contributed by atoms with E-state index in [1.807, 2.05) is 12.1 Å². The summed E-state index contributed by atoms with van der Waals surface area (Å²) in [6, 6.07) is 19.9. The Kier molecular flexibility index (Phi) is 7.75. The van der Waals surface area contributed by atoms with E-state index in [1.54, 1.807) is 41.3 Å². The van der Waals surface area contributed by atoms with Gasteiger partial charge < -0.3 is 10.4 Å². The van der Waals surface area contributed by atoms with Crippen LogP contribution in [-0.2, 0) is 16.1 Å². The molecule has 1 aliphatic heterocycles. The summed E-state index contributed by atoms with van der Waals surface area (Å²) in [6.07, 6.45) is -0.0685. The number of carbonyl (C=O) groups excluding carboxylic acids is 2. The van der Waals surface area contributed by atoms with Crippen molar-refractivity contribution in [3.05, 3.63) is 94.0 Å². The van der Waals surface area contributed by atoms with Crippen LogP contribution < -0.4 is 5.32 Å².